The van der Waals surface area contributed by atoms with Crippen molar-refractivity contribution in [3.63, 3.8) is 0 Å². The van der Waals surface area contributed by atoms with Gasteiger partial charge in [-0.05, 0) is 59.8 Å². The van der Waals surface area contributed by atoms with E-state index in [4.69, 9.17) is 5.73 Å². The lowest BCUT2D eigenvalue weighted by Crippen LogP contribution is -2.44. The molecule has 1 aliphatic rings. The smallest absolute Gasteiger partial charge is 0.243 e. The van der Waals surface area contributed by atoms with Crippen LogP contribution in [-0.4, -0.2) is 25.3 Å². The first-order valence-corrected chi connectivity index (χ1v) is 8.62. The van der Waals surface area contributed by atoms with Crippen LogP contribution in [0.4, 0.5) is 5.69 Å². The molecule has 1 aromatic carbocycles. The van der Waals surface area contributed by atoms with E-state index in [1.807, 2.05) is 6.92 Å². The highest BCUT2D eigenvalue weighted by molar-refractivity contribution is 9.10. The fraction of sp³-hybridized carbons (Fsp3) is 0.538. The van der Waals surface area contributed by atoms with Crippen molar-refractivity contribution in [3.05, 3.63) is 22.7 Å². The van der Waals surface area contributed by atoms with Crippen molar-refractivity contribution in [3.8, 4) is 0 Å². The van der Waals surface area contributed by atoms with Gasteiger partial charge in [0.25, 0.3) is 0 Å². The Hall–Kier alpha value is -0.590. The molecular formula is C13H19BrN2O2S. The Morgan fingerprint density at radius 1 is 1.32 bits per heavy atom. The summed E-state index contributed by atoms with van der Waals surface area (Å²) in [6, 6.07) is 4.82. The van der Waals surface area contributed by atoms with E-state index in [0.29, 0.717) is 27.5 Å². The molecule has 4 nitrogen and oxygen atoms in total. The van der Waals surface area contributed by atoms with Crippen molar-refractivity contribution in [2.75, 3.05) is 12.3 Å². The average molecular weight is 347 g/mol. The van der Waals surface area contributed by atoms with Crippen molar-refractivity contribution in [1.29, 1.82) is 0 Å². The minimum atomic E-state index is -3.44. The van der Waals surface area contributed by atoms with E-state index >= 15 is 0 Å². The fourth-order valence-electron chi connectivity index (χ4n) is 2.39. The van der Waals surface area contributed by atoms with Gasteiger partial charge >= 0.3 is 0 Å². The van der Waals surface area contributed by atoms with Gasteiger partial charge in [-0.3, -0.25) is 0 Å². The van der Waals surface area contributed by atoms with Crippen LogP contribution in [0.25, 0.3) is 0 Å². The molecule has 2 rings (SSSR count). The largest absolute Gasteiger partial charge is 0.398 e. The fourth-order valence-corrected chi connectivity index (χ4v) is 4.72. The second-order valence-corrected chi connectivity index (χ2v) is 8.03. The number of nitrogens with two attached hydrogens (primary N) is 1. The van der Waals surface area contributed by atoms with E-state index in [-0.39, 0.29) is 6.04 Å². The zero-order valence-corrected chi connectivity index (χ0v) is 13.5. The number of anilines is 1. The summed E-state index contributed by atoms with van der Waals surface area (Å²) in [5.74, 6) is 0.406. The monoisotopic (exact) mass is 346 g/mol. The van der Waals surface area contributed by atoms with Gasteiger partial charge in [0.05, 0.1) is 4.90 Å². The zero-order chi connectivity index (χ0) is 14.2. The second-order valence-electron chi connectivity index (χ2n) is 5.29. The predicted molar refractivity (Wildman–Crippen MR) is 80.3 cm³/mol. The van der Waals surface area contributed by atoms with Crippen LogP contribution in [0.3, 0.4) is 0 Å². The van der Waals surface area contributed by atoms with Gasteiger partial charge in [0.2, 0.25) is 10.0 Å². The number of nitrogens with zero attached hydrogens (tertiary/aromatic N) is 1. The maximum atomic E-state index is 12.7. The van der Waals surface area contributed by atoms with Crippen LogP contribution in [0.1, 0.15) is 26.7 Å². The lowest BCUT2D eigenvalue weighted by molar-refractivity contribution is 0.218. The summed E-state index contributed by atoms with van der Waals surface area (Å²) in [4.78, 5) is 0.300. The van der Waals surface area contributed by atoms with E-state index in [0.717, 1.165) is 12.8 Å². The molecule has 0 saturated carbocycles. The molecule has 2 atom stereocenters. The normalized spacial score (nSPS) is 25.4. The lowest BCUT2D eigenvalue weighted by atomic mass is 9.97. The van der Waals surface area contributed by atoms with Gasteiger partial charge in [0, 0.05) is 22.7 Å². The van der Waals surface area contributed by atoms with Crippen LogP contribution < -0.4 is 5.73 Å². The molecule has 106 valence electrons. The number of hydrogen-bond donors (Lipinski definition) is 1. The molecule has 2 N–H and O–H groups in total. The Labute approximate surface area is 123 Å². The molecule has 1 aliphatic heterocycles. The van der Waals surface area contributed by atoms with Crippen LogP contribution in [0.2, 0.25) is 0 Å². The van der Waals surface area contributed by atoms with Crippen molar-refractivity contribution in [2.24, 2.45) is 5.92 Å². The second kappa shape index (κ2) is 5.42. The standard InChI is InChI=1S/C13H19BrN2O2S/c1-9-3-4-10(2)16(8-9)19(17,18)11-5-6-13(15)12(14)7-11/h5-7,9-10H,3-4,8,15H2,1-2H3. The van der Waals surface area contributed by atoms with Crippen molar-refractivity contribution in [2.45, 2.75) is 37.6 Å². The molecule has 0 aromatic heterocycles. The molecular weight excluding hydrogens is 328 g/mol. The van der Waals surface area contributed by atoms with Crippen LogP contribution >= 0.6 is 15.9 Å². The van der Waals surface area contributed by atoms with Gasteiger partial charge in [-0.25, -0.2) is 8.42 Å². The molecule has 0 bridgehead atoms. The van der Waals surface area contributed by atoms with Crippen molar-refractivity contribution in [1.82, 2.24) is 4.31 Å². The molecule has 0 radical (unpaired) electrons. The quantitative estimate of drug-likeness (QED) is 0.837. The van der Waals surface area contributed by atoms with Crippen LogP contribution in [0.5, 0.6) is 0 Å². The van der Waals surface area contributed by atoms with Gasteiger partial charge in [-0.2, -0.15) is 4.31 Å². The van der Waals surface area contributed by atoms with E-state index in [9.17, 15) is 8.42 Å². The van der Waals surface area contributed by atoms with Crippen molar-refractivity contribution < 1.29 is 8.42 Å². The molecule has 2 unspecified atom stereocenters. The number of nitrogen functional groups attached to an aromatic ring is 1. The Balaban J connectivity index is 2.38. The molecule has 0 spiro atoms. The van der Waals surface area contributed by atoms with Gasteiger partial charge in [-0.15, -0.1) is 0 Å². The highest BCUT2D eigenvalue weighted by Crippen LogP contribution is 2.30. The molecule has 6 heteroatoms. The summed E-state index contributed by atoms with van der Waals surface area (Å²) in [6.45, 7) is 4.65. The SMILES string of the molecule is CC1CCC(C)N(S(=O)(=O)c2ccc(N)c(Br)c2)C1. The summed E-state index contributed by atoms with van der Waals surface area (Å²) in [7, 11) is -3.44. The maximum absolute atomic E-state index is 12.7. The highest BCUT2D eigenvalue weighted by Gasteiger charge is 2.33. The van der Waals surface area contributed by atoms with E-state index in [1.54, 1.807) is 22.5 Å². The number of sulfonamides is 1. The summed E-state index contributed by atoms with van der Waals surface area (Å²) in [6.07, 6.45) is 2.00. The zero-order valence-electron chi connectivity index (χ0n) is 11.1. The summed E-state index contributed by atoms with van der Waals surface area (Å²) in [5, 5.41) is 0. The minimum Gasteiger partial charge on any atom is -0.398 e. The third-order valence-corrected chi connectivity index (χ3v) is 6.30. The molecule has 19 heavy (non-hydrogen) atoms. The van der Waals surface area contributed by atoms with Gasteiger partial charge in [0.1, 0.15) is 0 Å². The summed E-state index contributed by atoms with van der Waals surface area (Å²) in [5.41, 5.74) is 6.25. The first-order valence-electron chi connectivity index (χ1n) is 6.39. The van der Waals surface area contributed by atoms with E-state index < -0.39 is 10.0 Å². The Morgan fingerprint density at radius 3 is 2.63 bits per heavy atom. The Kier molecular flexibility index (Phi) is 4.23. The number of rotatable bonds is 2. The predicted octanol–water partition coefficient (Wildman–Crippen LogP) is 2.84. The van der Waals surface area contributed by atoms with E-state index in [2.05, 4.69) is 22.9 Å². The van der Waals surface area contributed by atoms with E-state index in [1.165, 1.54) is 0 Å². The highest BCUT2D eigenvalue weighted by atomic mass is 79.9. The van der Waals surface area contributed by atoms with Gasteiger partial charge < -0.3 is 5.73 Å². The first-order chi connectivity index (χ1) is 8.82. The Bertz CT molecular complexity index is 574. The topological polar surface area (TPSA) is 63.4 Å². The molecule has 0 aliphatic carbocycles. The first kappa shape index (κ1) is 14.8. The Morgan fingerprint density at radius 2 is 2.00 bits per heavy atom. The number of piperidine rings is 1. The summed E-state index contributed by atoms with van der Waals surface area (Å²) < 4.78 is 27.6. The molecule has 1 saturated heterocycles. The molecule has 1 fully saturated rings. The molecule has 1 aromatic rings. The molecule has 0 amide bonds. The van der Waals surface area contributed by atoms with Crippen LogP contribution in [0, 0.1) is 5.92 Å². The lowest BCUT2D eigenvalue weighted by Gasteiger charge is -2.35. The third-order valence-electron chi connectivity index (χ3n) is 3.64. The number of halogens is 1. The number of hydrogen-bond acceptors (Lipinski definition) is 3. The van der Waals surface area contributed by atoms with Crippen LogP contribution in [-0.2, 0) is 10.0 Å². The number of benzene rings is 1. The summed E-state index contributed by atoms with van der Waals surface area (Å²) >= 11 is 3.28. The van der Waals surface area contributed by atoms with Crippen molar-refractivity contribution >= 4 is 31.6 Å². The maximum Gasteiger partial charge on any atom is 0.243 e. The van der Waals surface area contributed by atoms with Gasteiger partial charge in [0.15, 0.2) is 0 Å². The average Bonchev–Trinajstić information content (AvgIpc) is 2.35. The van der Waals surface area contributed by atoms with Gasteiger partial charge in [-0.1, -0.05) is 6.92 Å². The van der Waals surface area contributed by atoms with Crippen LogP contribution in [0.15, 0.2) is 27.6 Å². The molecule has 1 heterocycles. The minimum absolute atomic E-state index is 0.0533. The third kappa shape index (κ3) is 2.95.